The Balaban J connectivity index is 1.75. The fourth-order valence-electron chi connectivity index (χ4n) is 6.31. The molecule has 3 nitrogen and oxygen atoms in total. The van der Waals surface area contributed by atoms with Gasteiger partial charge in [0, 0.05) is 6.42 Å². The lowest BCUT2D eigenvalue weighted by molar-refractivity contribution is 0.0830. The van der Waals surface area contributed by atoms with Crippen LogP contribution in [0, 0.1) is 23.2 Å². The standard InChI is InChI=1S/C27H42O3/c1-18(8-6-14-26(3,4)30)23-12-13-24-20(9-7-15-27(23,24)5)10-11-21-16-22(28)17-25(29)19(21)2/h6,8,10-11,18,22-25,28-30H,2,7,9,12-17H2,1,3-5H3/b8-6+,20-10+,21-11-/t18-,22-,23-,24+,25+,27-/m1/s1. The lowest BCUT2D eigenvalue weighted by Gasteiger charge is -2.44. The Morgan fingerprint density at radius 2 is 1.97 bits per heavy atom. The van der Waals surface area contributed by atoms with Gasteiger partial charge in [0.1, 0.15) is 0 Å². The first-order valence-corrected chi connectivity index (χ1v) is 11.8. The summed E-state index contributed by atoms with van der Waals surface area (Å²) in [5.74, 6) is 1.80. The van der Waals surface area contributed by atoms with Crippen molar-refractivity contribution in [1.29, 1.82) is 0 Å². The smallest absolute Gasteiger partial charge is 0.0811 e. The molecule has 6 atom stereocenters. The monoisotopic (exact) mass is 414 g/mol. The summed E-state index contributed by atoms with van der Waals surface area (Å²) in [6.45, 7) is 12.6. The van der Waals surface area contributed by atoms with Crippen LogP contribution in [-0.4, -0.2) is 33.1 Å². The van der Waals surface area contributed by atoms with Gasteiger partial charge >= 0.3 is 0 Å². The van der Waals surface area contributed by atoms with E-state index in [0.29, 0.717) is 42.4 Å². The van der Waals surface area contributed by atoms with Crippen molar-refractivity contribution in [2.24, 2.45) is 23.2 Å². The van der Waals surface area contributed by atoms with Gasteiger partial charge in [0.05, 0.1) is 17.8 Å². The van der Waals surface area contributed by atoms with Crippen LogP contribution in [0.5, 0.6) is 0 Å². The average Bonchev–Trinajstić information content (AvgIpc) is 3.00. The number of aliphatic hydroxyl groups is 3. The summed E-state index contributed by atoms with van der Waals surface area (Å²) in [5, 5.41) is 30.1. The van der Waals surface area contributed by atoms with Crippen LogP contribution in [0.2, 0.25) is 0 Å². The number of aliphatic hydroxyl groups excluding tert-OH is 2. The molecule has 0 heterocycles. The van der Waals surface area contributed by atoms with Crippen LogP contribution in [0.3, 0.4) is 0 Å². The molecule has 3 heteroatoms. The van der Waals surface area contributed by atoms with Gasteiger partial charge in [-0.25, -0.2) is 0 Å². The van der Waals surface area contributed by atoms with E-state index in [1.54, 1.807) is 0 Å². The number of allylic oxidation sites excluding steroid dienone is 4. The molecule has 0 aromatic heterocycles. The van der Waals surface area contributed by atoms with Crippen molar-refractivity contribution in [2.45, 2.75) is 96.9 Å². The van der Waals surface area contributed by atoms with Crippen molar-refractivity contribution in [3.05, 3.63) is 47.6 Å². The normalized spacial score (nSPS) is 39.1. The van der Waals surface area contributed by atoms with Crippen LogP contribution in [0.4, 0.5) is 0 Å². The van der Waals surface area contributed by atoms with Crippen molar-refractivity contribution in [2.75, 3.05) is 0 Å². The van der Waals surface area contributed by atoms with Crippen LogP contribution < -0.4 is 0 Å². The lowest BCUT2D eigenvalue weighted by atomic mass is 9.61. The number of rotatable bonds is 5. The van der Waals surface area contributed by atoms with E-state index in [2.05, 4.69) is 44.7 Å². The Labute approximate surface area is 183 Å². The molecule has 3 saturated carbocycles. The van der Waals surface area contributed by atoms with Gasteiger partial charge in [-0.05, 0) is 93.1 Å². The average molecular weight is 415 g/mol. The Bertz CT molecular complexity index is 723. The summed E-state index contributed by atoms with van der Waals surface area (Å²) in [6.07, 6.45) is 15.6. The molecule has 0 unspecified atom stereocenters. The third-order valence-electron chi connectivity index (χ3n) is 7.99. The fraction of sp³-hybridized carbons (Fsp3) is 0.704. The minimum atomic E-state index is -0.642. The van der Waals surface area contributed by atoms with E-state index in [9.17, 15) is 15.3 Å². The molecule has 0 bridgehead atoms. The predicted molar refractivity (Wildman–Crippen MR) is 124 cm³/mol. The fourth-order valence-corrected chi connectivity index (χ4v) is 6.31. The highest BCUT2D eigenvalue weighted by molar-refractivity contribution is 5.38. The van der Waals surface area contributed by atoms with Crippen LogP contribution in [0.15, 0.2) is 47.6 Å². The molecule has 0 spiro atoms. The molecular weight excluding hydrogens is 372 g/mol. The van der Waals surface area contributed by atoms with Gasteiger partial charge in [0.15, 0.2) is 0 Å². The topological polar surface area (TPSA) is 60.7 Å². The maximum Gasteiger partial charge on any atom is 0.0811 e. The van der Waals surface area contributed by atoms with Crippen LogP contribution in [-0.2, 0) is 0 Å². The first-order chi connectivity index (χ1) is 14.0. The van der Waals surface area contributed by atoms with Gasteiger partial charge < -0.3 is 15.3 Å². The van der Waals surface area contributed by atoms with Gasteiger partial charge in [-0.3, -0.25) is 0 Å². The highest BCUT2D eigenvalue weighted by Crippen LogP contribution is 2.59. The number of fused-ring (bicyclic) bond motifs is 1. The zero-order valence-electron chi connectivity index (χ0n) is 19.4. The SMILES string of the molecule is C=C1/C(=C\C=C2/CCC[C@]3(C)[C@@H]([C@H](C)/C=C/CC(C)(C)O)CC[C@@H]23)C[C@@H](O)C[C@@H]1O. The molecule has 3 aliphatic carbocycles. The van der Waals surface area contributed by atoms with Crippen molar-refractivity contribution < 1.29 is 15.3 Å². The van der Waals surface area contributed by atoms with Gasteiger partial charge in [0.2, 0.25) is 0 Å². The molecular formula is C27H42O3. The van der Waals surface area contributed by atoms with E-state index < -0.39 is 17.8 Å². The van der Waals surface area contributed by atoms with Crippen molar-refractivity contribution in [3.63, 3.8) is 0 Å². The second kappa shape index (κ2) is 9.14. The molecule has 3 rings (SSSR count). The molecule has 0 aromatic carbocycles. The van der Waals surface area contributed by atoms with E-state index in [0.717, 1.165) is 17.6 Å². The van der Waals surface area contributed by atoms with Crippen LogP contribution in [0.1, 0.15) is 79.1 Å². The molecule has 30 heavy (non-hydrogen) atoms. The lowest BCUT2D eigenvalue weighted by Crippen LogP contribution is -2.35. The first kappa shape index (κ1) is 23.5. The Morgan fingerprint density at radius 3 is 2.67 bits per heavy atom. The van der Waals surface area contributed by atoms with Crippen molar-refractivity contribution in [3.8, 4) is 0 Å². The summed E-state index contributed by atoms with van der Waals surface area (Å²) >= 11 is 0. The second-order valence-corrected chi connectivity index (χ2v) is 11.0. The quantitative estimate of drug-likeness (QED) is 0.522. The van der Waals surface area contributed by atoms with Crippen molar-refractivity contribution >= 4 is 0 Å². The van der Waals surface area contributed by atoms with E-state index in [1.165, 1.54) is 31.3 Å². The van der Waals surface area contributed by atoms with E-state index >= 15 is 0 Å². The highest BCUT2D eigenvalue weighted by atomic mass is 16.3. The molecule has 0 saturated heterocycles. The molecule has 3 fully saturated rings. The summed E-state index contributed by atoms with van der Waals surface area (Å²) in [5.41, 5.74) is 2.98. The number of hydrogen-bond acceptors (Lipinski definition) is 3. The molecule has 0 amide bonds. The molecule has 0 aliphatic heterocycles. The molecule has 0 aromatic rings. The van der Waals surface area contributed by atoms with Crippen LogP contribution in [0.25, 0.3) is 0 Å². The van der Waals surface area contributed by atoms with E-state index in [-0.39, 0.29) is 0 Å². The minimum absolute atomic E-state index is 0.323. The van der Waals surface area contributed by atoms with Gasteiger partial charge in [-0.15, -0.1) is 0 Å². The third-order valence-corrected chi connectivity index (χ3v) is 7.99. The zero-order chi connectivity index (χ0) is 22.1. The van der Waals surface area contributed by atoms with Gasteiger partial charge in [-0.2, -0.15) is 0 Å². The Kier molecular flexibility index (Phi) is 7.16. The summed E-state index contributed by atoms with van der Waals surface area (Å²) < 4.78 is 0. The second-order valence-electron chi connectivity index (χ2n) is 11.0. The first-order valence-electron chi connectivity index (χ1n) is 11.8. The summed E-state index contributed by atoms with van der Waals surface area (Å²) in [6, 6.07) is 0. The van der Waals surface area contributed by atoms with Gasteiger partial charge in [-0.1, -0.05) is 50.3 Å². The Hall–Kier alpha value is -1.16. The maximum absolute atomic E-state index is 10.1. The predicted octanol–water partition coefficient (Wildman–Crippen LogP) is 5.48. The zero-order valence-corrected chi connectivity index (χ0v) is 19.4. The van der Waals surface area contributed by atoms with Crippen molar-refractivity contribution in [1.82, 2.24) is 0 Å². The van der Waals surface area contributed by atoms with Gasteiger partial charge in [0.25, 0.3) is 0 Å². The van der Waals surface area contributed by atoms with Crippen LogP contribution >= 0.6 is 0 Å². The van der Waals surface area contributed by atoms with E-state index in [1.807, 2.05) is 13.8 Å². The molecule has 168 valence electrons. The Morgan fingerprint density at radius 1 is 1.23 bits per heavy atom. The number of hydrogen-bond donors (Lipinski definition) is 3. The van der Waals surface area contributed by atoms with E-state index in [4.69, 9.17) is 0 Å². The summed E-state index contributed by atoms with van der Waals surface area (Å²) in [4.78, 5) is 0. The molecule has 3 aliphatic rings. The largest absolute Gasteiger partial charge is 0.393 e. The third kappa shape index (κ3) is 5.18. The highest BCUT2D eigenvalue weighted by Gasteiger charge is 2.50. The molecule has 3 N–H and O–H groups in total. The molecule has 0 radical (unpaired) electrons. The minimum Gasteiger partial charge on any atom is -0.393 e. The maximum atomic E-state index is 10.1. The summed E-state index contributed by atoms with van der Waals surface area (Å²) in [7, 11) is 0.